The van der Waals surface area contributed by atoms with Crippen LogP contribution in [0.4, 0.5) is 21.0 Å². The standard InChI is InChI=1S/C34H37N3O5/c1-25(37(23-26-14-6-4-7-15-26)24-27-16-8-5-9-17-27)22-34(40,28-18-10-12-20-30(28)35-32(38)41-2)29-19-11-13-21-31(29)36-33(39)42-3/h4-21,25,40H,22-24H2,1-3H3,(H,35,38)(H,36,39). The molecule has 8 nitrogen and oxygen atoms in total. The predicted molar refractivity (Wildman–Crippen MR) is 164 cm³/mol. The number of nitrogens with one attached hydrogen (secondary N) is 2. The molecule has 0 fully saturated rings. The molecule has 0 radical (unpaired) electrons. The van der Waals surface area contributed by atoms with Gasteiger partial charge in [-0.15, -0.1) is 0 Å². The highest BCUT2D eigenvalue weighted by atomic mass is 16.5. The Kier molecular flexibility index (Phi) is 10.3. The molecule has 3 N–H and O–H groups in total. The Hall–Kier alpha value is -4.66. The molecule has 0 bridgehead atoms. The van der Waals surface area contributed by atoms with Gasteiger partial charge in [0, 0.05) is 36.7 Å². The second kappa shape index (κ2) is 14.3. The summed E-state index contributed by atoms with van der Waals surface area (Å²) in [6, 6.07) is 34.3. The molecule has 1 atom stereocenters. The van der Waals surface area contributed by atoms with E-state index in [4.69, 9.17) is 9.47 Å². The number of benzene rings is 4. The monoisotopic (exact) mass is 567 g/mol. The molecule has 0 aliphatic heterocycles. The number of carbonyl (C=O) groups excluding carboxylic acids is 2. The lowest BCUT2D eigenvalue weighted by molar-refractivity contribution is 0.0336. The van der Waals surface area contributed by atoms with Crippen molar-refractivity contribution in [2.24, 2.45) is 0 Å². The van der Waals surface area contributed by atoms with Crippen molar-refractivity contribution in [1.29, 1.82) is 0 Å². The number of nitrogens with zero attached hydrogens (tertiary/aromatic N) is 1. The zero-order valence-corrected chi connectivity index (χ0v) is 24.1. The van der Waals surface area contributed by atoms with Crippen LogP contribution in [0.1, 0.15) is 35.6 Å². The molecule has 4 rings (SSSR count). The third kappa shape index (κ3) is 7.54. The summed E-state index contributed by atoms with van der Waals surface area (Å²) in [5.41, 5.74) is 2.34. The maximum atomic E-state index is 12.8. The van der Waals surface area contributed by atoms with Crippen molar-refractivity contribution >= 4 is 23.6 Å². The number of rotatable bonds is 11. The fraction of sp³-hybridized carbons (Fsp3) is 0.235. The molecule has 0 spiro atoms. The molecule has 8 heteroatoms. The fourth-order valence-electron chi connectivity index (χ4n) is 5.15. The summed E-state index contributed by atoms with van der Waals surface area (Å²) >= 11 is 0. The fourth-order valence-corrected chi connectivity index (χ4v) is 5.15. The van der Waals surface area contributed by atoms with E-state index in [-0.39, 0.29) is 12.5 Å². The third-order valence-corrected chi connectivity index (χ3v) is 7.26. The first-order valence-electron chi connectivity index (χ1n) is 13.8. The number of anilines is 2. The topological polar surface area (TPSA) is 100 Å². The van der Waals surface area contributed by atoms with E-state index in [0.29, 0.717) is 35.6 Å². The van der Waals surface area contributed by atoms with Gasteiger partial charge in [-0.1, -0.05) is 97.1 Å². The highest BCUT2D eigenvalue weighted by molar-refractivity contribution is 5.88. The van der Waals surface area contributed by atoms with E-state index in [1.807, 2.05) is 36.4 Å². The maximum Gasteiger partial charge on any atom is 0.411 e. The normalized spacial score (nSPS) is 11.9. The summed E-state index contributed by atoms with van der Waals surface area (Å²) in [6.45, 7) is 3.37. The van der Waals surface area contributed by atoms with Gasteiger partial charge in [0.05, 0.1) is 25.6 Å². The smallest absolute Gasteiger partial charge is 0.411 e. The van der Waals surface area contributed by atoms with E-state index in [2.05, 4.69) is 46.7 Å². The SMILES string of the molecule is COC(=O)Nc1ccccc1C(O)(CC(C)N(Cc1ccccc1)Cc1ccccc1)c1ccccc1NC(=O)OC. The Morgan fingerprint density at radius 1 is 0.690 bits per heavy atom. The highest BCUT2D eigenvalue weighted by Gasteiger charge is 2.39. The quantitative estimate of drug-likeness (QED) is 0.185. The Morgan fingerprint density at radius 2 is 1.07 bits per heavy atom. The van der Waals surface area contributed by atoms with Gasteiger partial charge in [-0.05, 0) is 30.2 Å². The molecule has 0 heterocycles. The van der Waals surface area contributed by atoms with Gasteiger partial charge in [0.15, 0.2) is 0 Å². The minimum Gasteiger partial charge on any atom is -0.453 e. The van der Waals surface area contributed by atoms with Crippen molar-refractivity contribution in [3.8, 4) is 0 Å². The van der Waals surface area contributed by atoms with Gasteiger partial charge in [-0.3, -0.25) is 15.5 Å². The first-order chi connectivity index (χ1) is 20.3. The van der Waals surface area contributed by atoms with Crippen molar-refractivity contribution < 1.29 is 24.2 Å². The zero-order valence-electron chi connectivity index (χ0n) is 24.1. The van der Waals surface area contributed by atoms with Gasteiger partial charge in [-0.25, -0.2) is 9.59 Å². The van der Waals surface area contributed by atoms with Crippen molar-refractivity contribution in [2.75, 3.05) is 24.9 Å². The molecular weight excluding hydrogens is 530 g/mol. The predicted octanol–water partition coefficient (Wildman–Crippen LogP) is 6.76. The molecule has 4 aromatic carbocycles. The Morgan fingerprint density at radius 3 is 1.48 bits per heavy atom. The Labute approximate surface area is 246 Å². The largest absolute Gasteiger partial charge is 0.453 e. The first kappa shape index (κ1) is 30.3. The lowest BCUT2D eigenvalue weighted by atomic mass is 9.79. The molecule has 0 saturated carbocycles. The van der Waals surface area contributed by atoms with E-state index in [1.165, 1.54) is 14.2 Å². The van der Waals surface area contributed by atoms with Crippen LogP contribution in [0.2, 0.25) is 0 Å². The Bertz CT molecular complexity index is 1360. The summed E-state index contributed by atoms with van der Waals surface area (Å²) in [7, 11) is 2.57. The van der Waals surface area contributed by atoms with Crippen LogP contribution in [0.15, 0.2) is 109 Å². The minimum atomic E-state index is -1.65. The molecule has 0 aliphatic rings. The molecule has 4 aromatic rings. The highest BCUT2D eigenvalue weighted by Crippen LogP contribution is 2.42. The summed E-state index contributed by atoms with van der Waals surface area (Å²) in [4.78, 5) is 26.9. The van der Waals surface area contributed by atoms with Crippen LogP contribution in [0.5, 0.6) is 0 Å². The third-order valence-electron chi connectivity index (χ3n) is 7.26. The van der Waals surface area contributed by atoms with Crippen molar-refractivity contribution in [1.82, 2.24) is 4.90 Å². The molecule has 2 amide bonds. The molecule has 218 valence electrons. The van der Waals surface area contributed by atoms with E-state index in [9.17, 15) is 14.7 Å². The van der Waals surface area contributed by atoms with Crippen LogP contribution in [-0.4, -0.2) is 42.5 Å². The van der Waals surface area contributed by atoms with E-state index < -0.39 is 17.8 Å². The van der Waals surface area contributed by atoms with Gasteiger partial charge in [0.25, 0.3) is 0 Å². The number of hydrogen-bond donors (Lipinski definition) is 3. The van der Waals surface area contributed by atoms with Crippen molar-refractivity contribution in [3.63, 3.8) is 0 Å². The van der Waals surface area contributed by atoms with Gasteiger partial charge >= 0.3 is 12.2 Å². The van der Waals surface area contributed by atoms with Crippen molar-refractivity contribution in [2.45, 2.75) is 38.1 Å². The number of hydrogen-bond acceptors (Lipinski definition) is 6. The maximum absolute atomic E-state index is 12.8. The van der Waals surface area contributed by atoms with Crippen LogP contribution < -0.4 is 10.6 Å². The molecule has 42 heavy (non-hydrogen) atoms. The number of ether oxygens (including phenoxy) is 2. The summed E-state index contributed by atoms with van der Waals surface area (Å²) in [5, 5.41) is 18.3. The van der Waals surface area contributed by atoms with E-state index >= 15 is 0 Å². The minimum absolute atomic E-state index is 0.173. The van der Waals surface area contributed by atoms with Crippen LogP contribution >= 0.6 is 0 Å². The number of para-hydroxylation sites is 2. The van der Waals surface area contributed by atoms with Crippen molar-refractivity contribution in [3.05, 3.63) is 131 Å². The molecular formula is C34H37N3O5. The average Bonchev–Trinajstić information content (AvgIpc) is 3.02. The number of methoxy groups -OCH3 is 2. The number of aliphatic hydroxyl groups is 1. The van der Waals surface area contributed by atoms with E-state index in [0.717, 1.165) is 11.1 Å². The summed E-state index contributed by atoms with van der Waals surface area (Å²) < 4.78 is 9.71. The van der Waals surface area contributed by atoms with Gasteiger partial charge in [0.2, 0.25) is 0 Å². The lowest BCUT2D eigenvalue weighted by Gasteiger charge is -2.38. The molecule has 1 unspecified atom stereocenters. The first-order valence-corrected chi connectivity index (χ1v) is 13.8. The second-order valence-electron chi connectivity index (χ2n) is 10.1. The second-order valence-corrected chi connectivity index (χ2v) is 10.1. The van der Waals surface area contributed by atoms with Crippen LogP contribution in [0.25, 0.3) is 0 Å². The van der Waals surface area contributed by atoms with Gasteiger partial charge < -0.3 is 14.6 Å². The van der Waals surface area contributed by atoms with Crippen LogP contribution in [0.3, 0.4) is 0 Å². The van der Waals surface area contributed by atoms with Gasteiger partial charge in [-0.2, -0.15) is 0 Å². The summed E-state index contributed by atoms with van der Waals surface area (Å²) in [6.07, 6.45) is -1.09. The number of amides is 2. The molecule has 0 aromatic heterocycles. The molecule has 0 saturated heterocycles. The Balaban J connectivity index is 1.81. The molecule has 0 aliphatic carbocycles. The van der Waals surface area contributed by atoms with E-state index in [1.54, 1.807) is 48.5 Å². The van der Waals surface area contributed by atoms with Crippen LogP contribution in [0, 0.1) is 0 Å². The zero-order chi connectivity index (χ0) is 30.0. The average molecular weight is 568 g/mol. The summed E-state index contributed by atoms with van der Waals surface area (Å²) in [5.74, 6) is 0. The number of carbonyl (C=O) groups is 2. The van der Waals surface area contributed by atoms with Gasteiger partial charge in [0.1, 0.15) is 5.60 Å². The van der Waals surface area contributed by atoms with Crippen LogP contribution in [-0.2, 0) is 28.2 Å². The lowest BCUT2D eigenvalue weighted by Crippen LogP contribution is -2.41.